The molecule has 1 aromatic rings. The van der Waals surface area contributed by atoms with Crippen LogP contribution in [0.15, 0.2) is 21.7 Å². The Bertz CT molecular complexity index is 302. The molecule has 62 valence electrons. The van der Waals surface area contributed by atoms with Crippen LogP contribution in [0.3, 0.4) is 0 Å². The number of rotatable bonds is 3. The second-order valence-electron chi connectivity index (χ2n) is 1.61. The molecule has 0 amide bonds. The maximum Gasteiger partial charge on any atom is 0.309 e. The molecule has 0 unspecified atom stereocenters. The molecule has 0 aliphatic heterocycles. The minimum atomic E-state index is -3.82. The Kier molecular flexibility index (Phi) is 2.58. The summed E-state index contributed by atoms with van der Waals surface area (Å²) in [6, 6.07) is 2.91. The molecule has 0 aliphatic carbocycles. The molecular weight excluding hydrogens is 191 g/mol. The fourth-order valence-corrected chi connectivity index (χ4v) is 2.23. The standard InChI is InChI=1S/C5H5FO3S2/c6-4-9-11(7,8)5-2-1-3-10-5/h1-3H,4H2. The van der Waals surface area contributed by atoms with Crippen molar-refractivity contribution in [1.29, 1.82) is 0 Å². The Labute approximate surface area is 67.6 Å². The minimum absolute atomic E-state index is 0.0233. The molecule has 0 atom stereocenters. The molecule has 0 saturated heterocycles. The van der Waals surface area contributed by atoms with E-state index >= 15 is 0 Å². The van der Waals surface area contributed by atoms with E-state index in [1.54, 1.807) is 11.4 Å². The molecule has 0 radical (unpaired) electrons. The number of thiophene rings is 1. The van der Waals surface area contributed by atoms with E-state index in [2.05, 4.69) is 4.18 Å². The van der Waals surface area contributed by atoms with E-state index in [1.165, 1.54) is 6.07 Å². The van der Waals surface area contributed by atoms with Gasteiger partial charge in [-0.15, -0.1) is 11.3 Å². The lowest BCUT2D eigenvalue weighted by Crippen LogP contribution is -2.02. The quantitative estimate of drug-likeness (QED) is 0.686. The molecule has 0 fully saturated rings. The van der Waals surface area contributed by atoms with Crippen LogP contribution in [-0.2, 0) is 14.3 Å². The van der Waals surface area contributed by atoms with Crippen molar-refractivity contribution >= 4 is 21.5 Å². The van der Waals surface area contributed by atoms with Crippen molar-refractivity contribution in [3.05, 3.63) is 17.5 Å². The molecule has 11 heavy (non-hydrogen) atoms. The van der Waals surface area contributed by atoms with Gasteiger partial charge in [-0.1, -0.05) is 6.07 Å². The number of halogens is 1. The minimum Gasteiger partial charge on any atom is -0.232 e. The largest absolute Gasteiger partial charge is 0.309 e. The smallest absolute Gasteiger partial charge is 0.232 e. The van der Waals surface area contributed by atoms with Gasteiger partial charge in [0, 0.05) is 0 Å². The Hall–Kier alpha value is -0.460. The van der Waals surface area contributed by atoms with Crippen molar-refractivity contribution in [1.82, 2.24) is 0 Å². The van der Waals surface area contributed by atoms with Crippen LogP contribution in [-0.4, -0.2) is 15.3 Å². The van der Waals surface area contributed by atoms with E-state index in [9.17, 15) is 12.8 Å². The molecule has 0 saturated carbocycles. The van der Waals surface area contributed by atoms with E-state index in [0.717, 1.165) is 11.3 Å². The third kappa shape index (κ3) is 1.98. The van der Waals surface area contributed by atoms with Gasteiger partial charge in [0.25, 0.3) is 0 Å². The molecule has 3 nitrogen and oxygen atoms in total. The summed E-state index contributed by atoms with van der Waals surface area (Å²) in [4.78, 5) is 0. The molecule has 0 spiro atoms. The van der Waals surface area contributed by atoms with Gasteiger partial charge in [0.1, 0.15) is 4.21 Å². The normalized spacial score (nSPS) is 11.7. The van der Waals surface area contributed by atoms with Gasteiger partial charge >= 0.3 is 10.1 Å². The maximum atomic E-state index is 11.5. The van der Waals surface area contributed by atoms with Crippen molar-refractivity contribution < 1.29 is 17.0 Å². The second-order valence-corrected chi connectivity index (χ2v) is 4.40. The highest BCUT2D eigenvalue weighted by Crippen LogP contribution is 2.17. The van der Waals surface area contributed by atoms with Crippen molar-refractivity contribution in [2.75, 3.05) is 6.86 Å². The van der Waals surface area contributed by atoms with Crippen molar-refractivity contribution in [2.24, 2.45) is 0 Å². The second kappa shape index (κ2) is 3.29. The molecule has 0 N–H and O–H groups in total. The Morgan fingerprint density at radius 1 is 1.64 bits per heavy atom. The zero-order valence-electron chi connectivity index (χ0n) is 5.36. The highest BCUT2D eigenvalue weighted by Gasteiger charge is 2.15. The van der Waals surface area contributed by atoms with Crippen LogP contribution in [0.2, 0.25) is 0 Å². The lowest BCUT2D eigenvalue weighted by atomic mass is 10.7. The van der Waals surface area contributed by atoms with E-state index in [4.69, 9.17) is 0 Å². The first-order valence-electron chi connectivity index (χ1n) is 2.66. The predicted octanol–water partition coefficient (Wildman–Crippen LogP) is 1.38. The van der Waals surface area contributed by atoms with E-state index in [-0.39, 0.29) is 4.21 Å². The first kappa shape index (κ1) is 8.63. The van der Waals surface area contributed by atoms with Crippen LogP contribution in [0.5, 0.6) is 0 Å². The first-order chi connectivity index (χ1) is 5.17. The lowest BCUT2D eigenvalue weighted by Gasteiger charge is -1.95. The van der Waals surface area contributed by atoms with Gasteiger partial charge in [-0.05, 0) is 11.4 Å². The van der Waals surface area contributed by atoms with Crippen LogP contribution in [0, 0.1) is 0 Å². The van der Waals surface area contributed by atoms with Gasteiger partial charge in [-0.2, -0.15) is 8.42 Å². The van der Waals surface area contributed by atoms with Crippen molar-refractivity contribution in [2.45, 2.75) is 4.21 Å². The van der Waals surface area contributed by atoms with E-state index in [1.807, 2.05) is 0 Å². The Morgan fingerprint density at radius 3 is 2.82 bits per heavy atom. The average Bonchev–Trinajstić information content (AvgIpc) is 2.37. The summed E-state index contributed by atoms with van der Waals surface area (Å²) in [5, 5.41) is 1.58. The van der Waals surface area contributed by atoms with Crippen LogP contribution in [0.25, 0.3) is 0 Å². The van der Waals surface area contributed by atoms with E-state index < -0.39 is 17.0 Å². The summed E-state index contributed by atoms with van der Waals surface area (Å²) < 4.78 is 37.1. The number of alkyl halides is 1. The Morgan fingerprint density at radius 2 is 2.36 bits per heavy atom. The molecule has 1 rings (SSSR count). The van der Waals surface area contributed by atoms with Gasteiger partial charge < -0.3 is 0 Å². The molecule has 6 heteroatoms. The highest BCUT2D eigenvalue weighted by atomic mass is 32.3. The lowest BCUT2D eigenvalue weighted by molar-refractivity contribution is 0.199. The van der Waals surface area contributed by atoms with Gasteiger partial charge in [-0.3, -0.25) is 0 Å². The van der Waals surface area contributed by atoms with Gasteiger partial charge in [0.05, 0.1) is 0 Å². The topological polar surface area (TPSA) is 43.4 Å². The van der Waals surface area contributed by atoms with Crippen LogP contribution < -0.4 is 0 Å². The summed E-state index contributed by atoms with van der Waals surface area (Å²) >= 11 is 0.990. The van der Waals surface area contributed by atoms with E-state index in [0.29, 0.717) is 0 Å². The third-order valence-electron chi connectivity index (χ3n) is 0.941. The summed E-state index contributed by atoms with van der Waals surface area (Å²) in [5.41, 5.74) is 0. The molecule has 0 aromatic carbocycles. The van der Waals surface area contributed by atoms with Crippen molar-refractivity contribution in [3.63, 3.8) is 0 Å². The van der Waals surface area contributed by atoms with Crippen LogP contribution in [0.4, 0.5) is 4.39 Å². The fourth-order valence-electron chi connectivity index (χ4n) is 0.522. The summed E-state index contributed by atoms with van der Waals surface area (Å²) in [6.07, 6.45) is 0. The van der Waals surface area contributed by atoms with Gasteiger partial charge in [-0.25, -0.2) is 8.57 Å². The zero-order chi connectivity index (χ0) is 8.32. The SMILES string of the molecule is O=S(=O)(OCF)c1cccs1. The first-order valence-corrected chi connectivity index (χ1v) is 4.94. The van der Waals surface area contributed by atoms with Gasteiger partial charge in [0.2, 0.25) is 6.86 Å². The maximum absolute atomic E-state index is 11.5. The highest BCUT2D eigenvalue weighted by molar-refractivity contribution is 7.89. The predicted molar refractivity (Wildman–Crippen MR) is 38.6 cm³/mol. The molecule has 0 aliphatic rings. The van der Waals surface area contributed by atoms with Gasteiger partial charge in [0.15, 0.2) is 0 Å². The summed E-state index contributed by atoms with van der Waals surface area (Å²) in [6.45, 7) is -1.32. The molecule has 1 heterocycles. The molecular formula is C5H5FO3S2. The Balaban J connectivity index is 2.92. The molecule has 0 bridgehead atoms. The zero-order valence-corrected chi connectivity index (χ0v) is 6.99. The number of hydrogen-bond acceptors (Lipinski definition) is 4. The summed E-state index contributed by atoms with van der Waals surface area (Å²) in [5.74, 6) is 0. The number of hydrogen-bond donors (Lipinski definition) is 0. The third-order valence-corrected chi connectivity index (χ3v) is 3.53. The summed E-state index contributed by atoms with van der Waals surface area (Å²) in [7, 11) is -3.82. The van der Waals surface area contributed by atoms with Crippen LogP contribution >= 0.6 is 11.3 Å². The van der Waals surface area contributed by atoms with Crippen molar-refractivity contribution in [3.8, 4) is 0 Å². The monoisotopic (exact) mass is 196 g/mol. The average molecular weight is 196 g/mol. The molecule has 1 aromatic heterocycles. The van der Waals surface area contributed by atoms with Crippen LogP contribution in [0.1, 0.15) is 0 Å². The fraction of sp³-hybridized carbons (Fsp3) is 0.200.